The molecule has 0 amide bonds. The van der Waals surface area contributed by atoms with Crippen molar-refractivity contribution in [2.24, 2.45) is 0 Å². The highest BCUT2D eigenvalue weighted by Crippen LogP contribution is 2.30. The molecule has 1 nitrogen and oxygen atoms in total. The number of halogens is 3. The number of hydrogen-bond donors (Lipinski definition) is 1. The van der Waals surface area contributed by atoms with E-state index in [0.29, 0.717) is 18.5 Å². The van der Waals surface area contributed by atoms with Crippen molar-refractivity contribution in [3.8, 4) is 11.8 Å². The van der Waals surface area contributed by atoms with Gasteiger partial charge in [-0.15, -0.1) is 0 Å². The third-order valence-electron chi connectivity index (χ3n) is 1.89. The van der Waals surface area contributed by atoms with Gasteiger partial charge in [0.05, 0.1) is 5.56 Å². The zero-order valence-electron chi connectivity index (χ0n) is 8.71. The first-order chi connectivity index (χ1) is 7.97. The highest BCUT2D eigenvalue weighted by atomic mass is 32.1. The third kappa shape index (κ3) is 4.16. The molecule has 1 rings (SSSR count). The maximum absolute atomic E-state index is 12.5. The van der Waals surface area contributed by atoms with E-state index in [9.17, 15) is 18.0 Å². The van der Waals surface area contributed by atoms with Crippen LogP contribution in [0.1, 0.15) is 27.9 Å². The maximum Gasteiger partial charge on any atom is 0.416 e. The number of aldehydes is 1. The summed E-state index contributed by atoms with van der Waals surface area (Å²) in [5.74, 6) is 5.78. The van der Waals surface area contributed by atoms with Crippen molar-refractivity contribution in [2.45, 2.75) is 12.6 Å². The van der Waals surface area contributed by atoms with Crippen molar-refractivity contribution in [3.05, 3.63) is 34.9 Å². The first-order valence-electron chi connectivity index (χ1n) is 4.74. The van der Waals surface area contributed by atoms with E-state index < -0.39 is 11.7 Å². The molecule has 17 heavy (non-hydrogen) atoms. The number of carbonyl (C=O) groups is 1. The smallest absolute Gasteiger partial charge is 0.298 e. The molecule has 0 spiro atoms. The summed E-state index contributed by atoms with van der Waals surface area (Å²) in [6.07, 6.45) is -3.62. The van der Waals surface area contributed by atoms with Gasteiger partial charge in [0.25, 0.3) is 0 Å². The van der Waals surface area contributed by atoms with Gasteiger partial charge in [0.1, 0.15) is 6.29 Å². The second kappa shape index (κ2) is 5.78. The Morgan fingerprint density at radius 3 is 2.53 bits per heavy atom. The standard InChI is InChI=1S/C12H9F3OS/c13-12(14,15)11-6-9(3-1-2-4-17)5-10(7-11)8-16/h5-8,17H,2,4H2. The van der Waals surface area contributed by atoms with Crippen molar-refractivity contribution in [1.82, 2.24) is 0 Å². The van der Waals surface area contributed by atoms with Crippen LogP contribution in [0, 0.1) is 11.8 Å². The Morgan fingerprint density at radius 2 is 2.00 bits per heavy atom. The summed E-state index contributed by atoms with van der Waals surface area (Å²) in [7, 11) is 0. The van der Waals surface area contributed by atoms with Gasteiger partial charge in [0.2, 0.25) is 0 Å². The van der Waals surface area contributed by atoms with E-state index >= 15 is 0 Å². The van der Waals surface area contributed by atoms with Gasteiger partial charge in [-0.2, -0.15) is 25.8 Å². The molecule has 0 saturated heterocycles. The van der Waals surface area contributed by atoms with Crippen molar-refractivity contribution >= 4 is 18.9 Å². The van der Waals surface area contributed by atoms with Crippen LogP contribution in [0.25, 0.3) is 0 Å². The summed E-state index contributed by atoms with van der Waals surface area (Å²) in [4.78, 5) is 10.5. The molecule has 90 valence electrons. The topological polar surface area (TPSA) is 17.1 Å². The molecular formula is C12H9F3OS. The van der Waals surface area contributed by atoms with E-state index in [1.807, 2.05) is 0 Å². The average molecular weight is 258 g/mol. The predicted molar refractivity (Wildman–Crippen MR) is 62.2 cm³/mol. The van der Waals surface area contributed by atoms with Crippen molar-refractivity contribution < 1.29 is 18.0 Å². The summed E-state index contributed by atoms with van der Waals surface area (Å²) < 4.78 is 37.5. The van der Waals surface area contributed by atoms with Gasteiger partial charge in [-0.05, 0) is 18.2 Å². The van der Waals surface area contributed by atoms with Gasteiger partial charge < -0.3 is 0 Å². The fourth-order valence-corrected chi connectivity index (χ4v) is 1.29. The van der Waals surface area contributed by atoms with Crippen molar-refractivity contribution in [3.63, 3.8) is 0 Å². The molecule has 0 bridgehead atoms. The van der Waals surface area contributed by atoms with E-state index in [4.69, 9.17) is 0 Å². The molecule has 5 heteroatoms. The van der Waals surface area contributed by atoms with Crippen LogP contribution >= 0.6 is 12.6 Å². The molecule has 1 aromatic carbocycles. The summed E-state index contributed by atoms with van der Waals surface area (Å²) in [6.45, 7) is 0. The molecule has 0 aliphatic heterocycles. The highest BCUT2D eigenvalue weighted by Gasteiger charge is 2.31. The monoisotopic (exact) mass is 258 g/mol. The minimum Gasteiger partial charge on any atom is -0.298 e. The van der Waals surface area contributed by atoms with Crippen LogP contribution in [0.15, 0.2) is 18.2 Å². The van der Waals surface area contributed by atoms with E-state index in [2.05, 4.69) is 24.5 Å². The lowest BCUT2D eigenvalue weighted by atomic mass is 10.1. The van der Waals surface area contributed by atoms with Crippen molar-refractivity contribution in [2.75, 3.05) is 5.75 Å². The molecule has 0 fully saturated rings. The van der Waals surface area contributed by atoms with Gasteiger partial charge in [0, 0.05) is 23.3 Å². The van der Waals surface area contributed by atoms with Gasteiger partial charge in [-0.25, -0.2) is 0 Å². The number of alkyl halides is 3. The van der Waals surface area contributed by atoms with Gasteiger partial charge in [-0.3, -0.25) is 4.79 Å². The number of rotatable bonds is 2. The fraction of sp³-hybridized carbons (Fsp3) is 0.250. The molecule has 1 aromatic rings. The van der Waals surface area contributed by atoms with Gasteiger partial charge in [-0.1, -0.05) is 11.8 Å². The van der Waals surface area contributed by atoms with E-state index in [1.54, 1.807) is 0 Å². The predicted octanol–water partition coefficient (Wildman–Crippen LogP) is 3.19. The minimum absolute atomic E-state index is 0.0324. The molecule has 0 atom stereocenters. The van der Waals surface area contributed by atoms with Crippen molar-refractivity contribution in [1.29, 1.82) is 0 Å². The second-order valence-electron chi connectivity index (χ2n) is 3.23. The van der Waals surface area contributed by atoms with Gasteiger partial charge in [0.15, 0.2) is 0 Å². The van der Waals surface area contributed by atoms with Crippen LogP contribution in [0.3, 0.4) is 0 Å². The molecule has 0 aliphatic carbocycles. The average Bonchev–Trinajstić information content (AvgIpc) is 2.28. The van der Waals surface area contributed by atoms with E-state index in [-0.39, 0.29) is 11.1 Å². The fourth-order valence-electron chi connectivity index (χ4n) is 1.18. The molecule has 0 unspecified atom stereocenters. The SMILES string of the molecule is O=Cc1cc(C#CCCS)cc(C(F)(F)F)c1. The van der Waals surface area contributed by atoms with E-state index in [0.717, 1.165) is 12.1 Å². The van der Waals surface area contributed by atoms with Crippen LogP contribution in [0.2, 0.25) is 0 Å². The first-order valence-corrected chi connectivity index (χ1v) is 5.38. The molecule has 0 aromatic heterocycles. The summed E-state index contributed by atoms with van der Waals surface area (Å²) in [6, 6.07) is 3.06. The lowest BCUT2D eigenvalue weighted by molar-refractivity contribution is -0.137. The molecule has 0 aliphatic rings. The summed E-state index contributed by atoms with van der Waals surface area (Å²) in [5, 5.41) is 0. The zero-order valence-corrected chi connectivity index (χ0v) is 9.61. The molecule has 0 saturated carbocycles. The third-order valence-corrected chi connectivity index (χ3v) is 2.11. The number of benzene rings is 1. The van der Waals surface area contributed by atoms with Gasteiger partial charge >= 0.3 is 6.18 Å². The molecular weight excluding hydrogens is 249 g/mol. The Bertz CT molecular complexity index is 469. The van der Waals surface area contributed by atoms with Crippen LogP contribution in [-0.4, -0.2) is 12.0 Å². The van der Waals surface area contributed by atoms with Crippen LogP contribution < -0.4 is 0 Å². The zero-order chi connectivity index (χ0) is 12.9. The van der Waals surface area contributed by atoms with Crippen LogP contribution in [-0.2, 0) is 6.18 Å². The lowest BCUT2D eigenvalue weighted by Gasteiger charge is -2.07. The largest absolute Gasteiger partial charge is 0.416 e. The van der Waals surface area contributed by atoms with Crippen LogP contribution in [0.4, 0.5) is 13.2 Å². The Morgan fingerprint density at radius 1 is 1.29 bits per heavy atom. The molecule has 0 radical (unpaired) electrons. The van der Waals surface area contributed by atoms with Crippen LogP contribution in [0.5, 0.6) is 0 Å². The first kappa shape index (κ1) is 13.7. The van der Waals surface area contributed by atoms with E-state index in [1.165, 1.54) is 6.07 Å². The maximum atomic E-state index is 12.5. The Hall–Kier alpha value is -1.41. The number of hydrogen-bond acceptors (Lipinski definition) is 2. The highest BCUT2D eigenvalue weighted by molar-refractivity contribution is 7.80. The lowest BCUT2D eigenvalue weighted by Crippen LogP contribution is -2.06. The summed E-state index contributed by atoms with van der Waals surface area (Å²) in [5.41, 5.74) is -0.712. The second-order valence-corrected chi connectivity index (χ2v) is 3.68. The Labute approximate surface area is 102 Å². The summed E-state index contributed by atoms with van der Waals surface area (Å²) >= 11 is 3.93. The molecule has 0 heterocycles. The Kier molecular flexibility index (Phi) is 4.64. The molecule has 0 N–H and O–H groups in total. The normalized spacial score (nSPS) is 10.6. The minimum atomic E-state index is -4.47. The number of thiol groups is 1. The Balaban J connectivity index is 3.16. The number of carbonyl (C=O) groups excluding carboxylic acids is 1. The quantitative estimate of drug-likeness (QED) is 0.490.